The van der Waals surface area contributed by atoms with Crippen LogP contribution >= 0.6 is 11.3 Å². The highest BCUT2D eigenvalue weighted by Gasteiger charge is 2.25. The van der Waals surface area contributed by atoms with Crippen LogP contribution in [-0.4, -0.2) is 57.2 Å². The van der Waals surface area contributed by atoms with Crippen LogP contribution in [0.4, 0.5) is 10.3 Å². The molecule has 0 radical (unpaired) electrons. The summed E-state index contributed by atoms with van der Waals surface area (Å²) in [6.45, 7) is 7.22. The summed E-state index contributed by atoms with van der Waals surface area (Å²) in [5.41, 5.74) is 1.83. The number of amides is 1. The van der Waals surface area contributed by atoms with Crippen molar-refractivity contribution in [1.82, 2.24) is 25.1 Å². The van der Waals surface area contributed by atoms with Crippen LogP contribution in [0.2, 0.25) is 0 Å². The van der Waals surface area contributed by atoms with Crippen molar-refractivity contribution in [1.29, 1.82) is 0 Å². The minimum absolute atomic E-state index is 0.131. The summed E-state index contributed by atoms with van der Waals surface area (Å²) in [6.07, 6.45) is 1.78. The zero-order valence-electron chi connectivity index (χ0n) is 15.3. The van der Waals surface area contributed by atoms with Gasteiger partial charge in [0.25, 0.3) is 0 Å². The SMILES string of the molecule is CC(=O)Nc1nnc(N2CCN(C(C)c3ccc4cccnc4n3)CC2)s1. The molecule has 0 aliphatic carbocycles. The average Bonchev–Trinajstić information content (AvgIpc) is 3.15. The summed E-state index contributed by atoms with van der Waals surface area (Å²) in [4.78, 5) is 24.9. The molecular weight excluding hydrogens is 362 g/mol. The van der Waals surface area contributed by atoms with Gasteiger partial charge in [0.2, 0.25) is 16.2 Å². The molecule has 0 aromatic carbocycles. The molecule has 3 aromatic rings. The van der Waals surface area contributed by atoms with Gasteiger partial charge in [-0.3, -0.25) is 9.69 Å². The van der Waals surface area contributed by atoms with Crippen LogP contribution < -0.4 is 10.2 Å². The second kappa shape index (κ2) is 7.53. The van der Waals surface area contributed by atoms with E-state index in [1.54, 1.807) is 6.20 Å². The number of pyridine rings is 2. The number of carbonyl (C=O) groups excluding carboxylic acids is 1. The molecule has 4 heterocycles. The average molecular weight is 383 g/mol. The molecule has 1 N–H and O–H groups in total. The molecule has 9 heteroatoms. The van der Waals surface area contributed by atoms with Crippen molar-refractivity contribution in [2.45, 2.75) is 19.9 Å². The van der Waals surface area contributed by atoms with Crippen molar-refractivity contribution in [2.24, 2.45) is 0 Å². The highest BCUT2D eigenvalue weighted by Crippen LogP contribution is 2.27. The third-order valence-electron chi connectivity index (χ3n) is 4.74. The highest BCUT2D eigenvalue weighted by atomic mass is 32.1. The van der Waals surface area contributed by atoms with E-state index in [0.29, 0.717) is 5.13 Å². The fourth-order valence-electron chi connectivity index (χ4n) is 3.23. The minimum atomic E-state index is -0.131. The highest BCUT2D eigenvalue weighted by molar-refractivity contribution is 7.19. The molecule has 1 fully saturated rings. The van der Waals surface area contributed by atoms with Crippen LogP contribution in [0, 0.1) is 0 Å². The topological polar surface area (TPSA) is 87.1 Å². The first-order valence-electron chi connectivity index (χ1n) is 8.92. The maximum Gasteiger partial charge on any atom is 0.223 e. The lowest BCUT2D eigenvalue weighted by Crippen LogP contribution is -2.47. The van der Waals surface area contributed by atoms with E-state index in [9.17, 15) is 4.79 Å². The molecule has 140 valence electrons. The van der Waals surface area contributed by atoms with Crippen LogP contribution in [-0.2, 0) is 4.79 Å². The quantitative estimate of drug-likeness (QED) is 0.740. The summed E-state index contributed by atoms with van der Waals surface area (Å²) < 4.78 is 0. The first-order chi connectivity index (χ1) is 13.1. The van der Waals surface area contributed by atoms with Crippen molar-refractivity contribution < 1.29 is 4.79 Å². The number of nitrogens with zero attached hydrogens (tertiary/aromatic N) is 6. The van der Waals surface area contributed by atoms with Crippen LogP contribution in [0.3, 0.4) is 0 Å². The molecule has 4 rings (SSSR count). The van der Waals surface area contributed by atoms with Gasteiger partial charge in [-0.15, -0.1) is 10.2 Å². The van der Waals surface area contributed by atoms with Gasteiger partial charge in [-0.25, -0.2) is 9.97 Å². The molecule has 1 aliphatic heterocycles. The van der Waals surface area contributed by atoms with Crippen molar-refractivity contribution in [3.8, 4) is 0 Å². The van der Waals surface area contributed by atoms with Crippen LogP contribution in [0.15, 0.2) is 30.5 Å². The smallest absolute Gasteiger partial charge is 0.223 e. The van der Waals surface area contributed by atoms with E-state index in [4.69, 9.17) is 4.98 Å². The Hall–Kier alpha value is -2.65. The Morgan fingerprint density at radius 1 is 1.19 bits per heavy atom. The maximum absolute atomic E-state index is 11.1. The van der Waals surface area contributed by atoms with Crippen LogP contribution in [0.1, 0.15) is 25.6 Å². The van der Waals surface area contributed by atoms with Gasteiger partial charge in [-0.1, -0.05) is 11.3 Å². The minimum Gasteiger partial charge on any atom is -0.344 e. The second-order valence-corrected chi connectivity index (χ2v) is 7.51. The molecule has 1 saturated heterocycles. The lowest BCUT2D eigenvalue weighted by atomic mass is 10.1. The van der Waals surface area contributed by atoms with Gasteiger partial charge in [0.1, 0.15) is 0 Å². The summed E-state index contributed by atoms with van der Waals surface area (Å²) in [5.74, 6) is -0.131. The van der Waals surface area contributed by atoms with E-state index in [-0.39, 0.29) is 11.9 Å². The fraction of sp³-hybridized carbons (Fsp3) is 0.389. The number of piperazine rings is 1. The Morgan fingerprint density at radius 3 is 2.78 bits per heavy atom. The summed E-state index contributed by atoms with van der Waals surface area (Å²) in [5, 5.41) is 13.4. The fourth-order valence-corrected chi connectivity index (χ4v) is 4.07. The van der Waals surface area contributed by atoms with Crippen molar-refractivity contribution in [2.75, 3.05) is 36.4 Å². The van der Waals surface area contributed by atoms with E-state index >= 15 is 0 Å². The Kier molecular flexibility index (Phi) is 4.95. The van der Waals surface area contributed by atoms with Crippen molar-refractivity contribution in [3.63, 3.8) is 0 Å². The second-order valence-electron chi connectivity index (χ2n) is 6.56. The molecule has 1 aliphatic rings. The normalized spacial score (nSPS) is 16.4. The predicted molar refractivity (Wildman–Crippen MR) is 106 cm³/mol. The number of nitrogens with one attached hydrogen (secondary N) is 1. The first-order valence-corrected chi connectivity index (χ1v) is 9.73. The molecule has 8 nitrogen and oxygen atoms in total. The zero-order chi connectivity index (χ0) is 18.8. The van der Waals surface area contributed by atoms with Crippen molar-refractivity contribution in [3.05, 3.63) is 36.2 Å². The molecule has 0 spiro atoms. The number of carbonyl (C=O) groups is 1. The van der Waals surface area contributed by atoms with Gasteiger partial charge < -0.3 is 10.2 Å². The van der Waals surface area contributed by atoms with Gasteiger partial charge in [0, 0.05) is 50.7 Å². The van der Waals surface area contributed by atoms with Gasteiger partial charge in [-0.2, -0.15) is 0 Å². The molecule has 0 saturated carbocycles. The number of hydrogen-bond acceptors (Lipinski definition) is 8. The molecule has 1 unspecified atom stereocenters. The number of fused-ring (bicyclic) bond motifs is 1. The van der Waals surface area contributed by atoms with Crippen molar-refractivity contribution >= 4 is 38.5 Å². The van der Waals surface area contributed by atoms with Gasteiger partial charge in [-0.05, 0) is 31.2 Å². The molecule has 0 bridgehead atoms. The zero-order valence-corrected chi connectivity index (χ0v) is 16.1. The number of anilines is 2. The lowest BCUT2D eigenvalue weighted by Gasteiger charge is -2.37. The largest absolute Gasteiger partial charge is 0.344 e. The Bertz CT molecular complexity index is 952. The summed E-state index contributed by atoms with van der Waals surface area (Å²) >= 11 is 1.41. The molecule has 1 amide bonds. The Morgan fingerprint density at radius 2 is 2.00 bits per heavy atom. The van der Waals surface area contributed by atoms with E-state index in [1.807, 2.05) is 12.1 Å². The van der Waals surface area contributed by atoms with Gasteiger partial charge in [0.05, 0.1) is 5.69 Å². The van der Waals surface area contributed by atoms with Crippen LogP contribution in [0.25, 0.3) is 11.0 Å². The lowest BCUT2D eigenvalue weighted by molar-refractivity contribution is -0.114. The Labute approximate surface area is 161 Å². The van der Waals surface area contributed by atoms with E-state index < -0.39 is 0 Å². The molecular formula is C18H21N7OS. The monoisotopic (exact) mass is 383 g/mol. The maximum atomic E-state index is 11.1. The van der Waals surface area contributed by atoms with Gasteiger partial charge in [0.15, 0.2) is 5.65 Å². The third kappa shape index (κ3) is 3.88. The molecule has 27 heavy (non-hydrogen) atoms. The predicted octanol–water partition coefficient (Wildman–Crippen LogP) is 2.32. The van der Waals surface area contributed by atoms with E-state index in [0.717, 1.165) is 48.0 Å². The third-order valence-corrected chi connectivity index (χ3v) is 5.64. The number of aromatic nitrogens is 4. The number of rotatable bonds is 4. The first kappa shape index (κ1) is 17.7. The Balaban J connectivity index is 1.40. The van der Waals surface area contributed by atoms with Gasteiger partial charge >= 0.3 is 0 Å². The van der Waals surface area contributed by atoms with E-state index in [2.05, 4.69) is 49.4 Å². The standard InChI is InChI=1S/C18H21N7OS/c1-12(15-6-5-14-4-3-7-19-16(14)21-15)24-8-10-25(11-9-24)18-23-22-17(27-18)20-13(2)26/h3-7,12H,8-11H2,1-2H3,(H,20,22,26). The summed E-state index contributed by atoms with van der Waals surface area (Å²) in [6, 6.07) is 8.35. The van der Waals surface area contributed by atoms with E-state index in [1.165, 1.54) is 18.3 Å². The van der Waals surface area contributed by atoms with Crippen LogP contribution in [0.5, 0.6) is 0 Å². The summed E-state index contributed by atoms with van der Waals surface area (Å²) in [7, 11) is 0. The molecule has 1 atom stereocenters. The molecule has 3 aromatic heterocycles. The number of hydrogen-bond donors (Lipinski definition) is 1.